The number of carbonyl (C=O) groups is 1. The number of carbonyl (C=O) groups excluding carboxylic acids is 1. The van der Waals surface area contributed by atoms with Crippen molar-refractivity contribution in [3.63, 3.8) is 0 Å². The fourth-order valence-corrected chi connectivity index (χ4v) is 0.291. The highest BCUT2D eigenvalue weighted by molar-refractivity contribution is 5.68. The summed E-state index contributed by atoms with van der Waals surface area (Å²) in [5.74, 6) is -0.308. The Bertz CT molecular complexity index is 88.3. The lowest BCUT2D eigenvalue weighted by Gasteiger charge is -2.03. The molecule has 0 saturated carbocycles. The van der Waals surface area contributed by atoms with Gasteiger partial charge in [0.05, 0.1) is 6.10 Å². The van der Waals surface area contributed by atoms with E-state index in [1.807, 2.05) is 0 Å². The molecule has 0 rings (SSSR count). The number of esters is 1. The predicted molar refractivity (Wildman–Crippen MR) is 32.6 cm³/mol. The van der Waals surface area contributed by atoms with Crippen LogP contribution in [0.4, 0.5) is 0 Å². The molecule has 0 aromatic heterocycles. The molecule has 9 heavy (non-hydrogen) atoms. The Morgan fingerprint density at radius 3 is 2.78 bits per heavy atom. The Morgan fingerprint density at radius 1 is 1.89 bits per heavy atom. The van der Waals surface area contributed by atoms with E-state index in [1.54, 1.807) is 6.92 Å². The summed E-state index contributed by atoms with van der Waals surface area (Å²) < 4.78 is 4.50. The van der Waals surface area contributed by atoms with E-state index in [9.17, 15) is 4.79 Å². The smallest absolute Gasteiger partial charge is 0.305 e. The van der Waals surface area contributed by atoms with Gasteiger partial charge in [0.25, 0.3) is 0 Å². The van der Waals surface area contributed by atoms with Crippen molar-refractivity contribution < 1.29 is 14.6 Å². The third-order valence-electron chi connectivity index (χ3n) is 0.725. The maximum atomic E-state index is 10.4. The first kappa shape index (κ1) is 8.43. The number of ether oxygens (including phenoxy) is 1. The number of hydrogen-bond donors (Lipinski definition) is 1. The molecule has 0 fully saturated rings. The van der Waals surface area contributed by atoms with E-state index in [0.717, 1.165) is 0 Å². The molecule has 0 bridgehead atoms. The molecule has 1 radical (unpaired) electrons. The van der Waals surface area contributed by atoms with Gasteiger partial charge in [-0.2, -0.15) is 0 Å². The summed E-state index contributed by atoms with van der Waals surface area (Å²) >= 11 is 0. The minimum atomic E-state index is -0.805. The fraction of sp³-hybridized carbons (Fsp3) is 0.667. The second-order valence-electron chi connectivity index (χ2n) is 1.69. The van der Waals surface area contributed by atoms with Crippen LogP contribution in [0.5, 0.6) is 0 Å². The van der Waals surface area contributed by atoms with E-state index in [1.165, 1.54) is 0 Å². The molecule has 1 atom stereocenters. The molecule has 0 amide bonds. The fourth-order valence-electron chi connectivity index (χ4n) is 0.291. The Hall–Kier alpha value is -0.570. The van der Waals surface area contributed by atoms with Gasteiger partial charge in [-0.05, 0) is 6.92 Å². The van der Waals surface area contributed by atoms with Crippen molar-refractivity contribution in [2.45, 2.75) is 19.4 Å². The Balaban J connectivity index is 3.17. The highest BCUT2D eigenvalue weighted by Gasteiger charge is 2.00. The van der Waals surface area contributed by atoms with Crippen molar-refractivity contribution in [2.75, 3.05) is 6.61 Å². The van der Waals surface area contributed by atoms with Gasteiger partial charge in [0.2, 0.25) is 0 Å². The zero-order valence-electron chi connectivity index (χ0n) is 5.46. The standard InChI is InChI=1S/C6H11O3/c1-3-6(8)9-4-5(2)7/h5,7H,2-4H2,1H3. The van der Waals surface area contributed by atoms with Gasteiger partial charge in [0.15, 0.2) is 0 Å². The van der Waals surface area contributed by atoms with Crippen LogP contribution in [-0.4, -0.2) is 23.8 Å². The third kappa shape index (κ3) is 5.30. The maximum Gasteiger partial charge on any atom is 0.305 e. The van der Waals surface area contributed by atoms with Crippen LogP contribution in [0.15, 0.2) is 0 Å². The average Bonchev–Trinajstić information content (AvgIpc) is 1.83. The molecule has 0 aromatic rings. The maximum absolute atomic E-state index is 10.4. The summed E-state index contributed by atoms with van der Waals surface area (Å²) in [6, 6.07) is 0. The van der Waals surface area contributed by atoms with E-state index in [-0.39, 0.29) is 12.6 Å². The van der Waals surface area contributed by atoms with Crippen LogP contribution in [0.3, 0.4) is 0 Å². The van der Waals surface area contributed by atoms with Crippen LogP contribution in [0.25, 0.3) is 0 Å². The van der Waals surface area contributed by atoms with Gasteiger partial charge in [0.1, 0.15) is 6.61 Å². The molecule has 0 aliphatic carbocycles. The highest BCUT2D eigenvalue weighted by atomic mass is 16.5. The summed E-state index contributed by atoms with van der Waals surface area (Å²) in [4.78, 5) is 10.4. The number of aliphatic hydroxyl groups is 1. The molecule has 1 N–H and O–H groups in total. The van der Waals surface area contributed by atoms with Crippen LogP contribution < -0.4 is 0 Å². The molecule has 3 nitrogen and oxygen atoms in total. The Labute approximate surface area is 54.6 Å². The van der Waals surface area contributed by atoms with Crippen LogP contribution in [0.2, 0.25) is 0 Å². The lowest BCUT2D eigenvalue weighted by atomic mass is 10.4. The van der Waals surface area contributed by atoms with Crippen LogP contribution in [-0.2, 0) is 9.53 Å². The predicted octanol–water partition coefficient (Wildman–Crippen LogP) is 0.135. The van der Waals surface area contributed by atoms with Crippen LogP contribution >= 0.6 is 0 Å². The number of aliphatic hydroxyl groups excluding tert-OH is 1. The van der Waals surface area contributed by atoms with Crippen molar-refractivity contribution >= 4 is 5.97 Å². The van der Waals surface area contributed by atoms with E-state index in [0.29, 0.717) is 6.42 Å². The number of hydrogen-bond acceptors (Lipinski definition) is 3. The molecule has 0 aliphatic rings. The van der Waals surface area contributed by atoms with Gasteiger partial charge in [0, 0.05) is 6.42 Å². The zero-order chi connectivity index (χ0) is 7.28. The first-order chi connectivity index (χ1) is 4.16. The molecular formula is C6H11O3. The second kappa shape index (κ2) is 4.32. The van der Waals surface area contributed by atoms with Crippen molar-refractivity contribution in [1.29, 1.82) is 0 Å². The minimum absolute atomic E-state index is 0.00727. The zero-order valence-corrected chi connectivity index (χ0v) is 5.46. The van der Waals surface area contributed by atoms with Gasteiger partial charge >= 0.3 is 5.97 Å². The SMILES string of the molecule is [CH2]C(O)COC(=O)CC. The third-order valence-corrected chi connectivity index (χ3v) is 0.725. The summed E-state index contributed by atoms with van der Waals surface area (Å²) in [6.45, 7) is 4.91. The molecule has 0 spiro atoms. The lowest BCUT2D eigenvalue weighted by Crippen LogP contribution is -2.14. The molecular weight excluding hydrogens is 120 g/mol. The van der Waals surface area contributed by atoms with Gasteiger partial charge in [-0.25, -0.2) is 0 Å². The largest absolute Gasteiger partial charge is 0.463 e. The van der Waals surface area contributed by atoms with Gasteiger partial charge in [-0.3, -0.25) is 4.79 Å². The first-order valence-electron chi connectivity index (χ1n) is 2.83. The first-order valence-corrected chi connectivity index (χ1v) is 2.83. The average molecular weight is 131 g/mol. The van der Waals surface area contributed by atoms with E-state index in [4.69, 9.17) is 5.11 Å². The molecule has 0 saturated heterocycles. The van der Waals surface area contributed by atoms with E-state index < -0.39 is 6.10 Å². The Morgan fingerprint density at radius 2 is 2.44 bits per heavy atom. The molecule has 0 heterocycles. The summed E-state index contributed by atoms with van der Waals surface area (Å²) in [6.07, 6.45) is -0.465. The molecule has 1 unspecified atom stereocenters. The summed E-state index contributed by atoms with van der Waals surface area (Å²) in [5, 5.41) is 8.51. The van der Waals surface area contributed by atoms with Gasteiger partial charge in [-0.1, -0.05) is 6.92 Å². The van der Waals surface area contributed by atoms with Gasteiger partial charge in [-0.15, -0.1) is 0 Å². The van der Waals surface area contributed by atoms with E-state index >= 15 is 0 Å². The van der Waals surface area contributed by atoms with Crippen molar-refractivity contribution in [3.05, 3.63) is 6.92 Å². The van der Waals surface area contributed by atoms with Crippen molar-refractivity contribution in [2.24, 2.45) is 0 Å². The van der Waals surface area contributed by atoms with Crippen LogP contribution in [0.1, 0.15) is 13.3 Å². The minimum Gasteiger partial charge on any atom is -0.463 e. The van der Waals surface area contributed by atoms with Gasteiger partial charge < -0.3 is 9.84 Å². The highest BCUT2D eigenvalue weighted by Crippen LogP contribution is 1.86. The van der Waals surface area contributed by atoms with Crippen molar-refractivity contribution in [3.8, 4) is 0 Å². The summed E-state index contributed by atoms with van der Waals surface area (Å²) in [7, 11) is 0. The normalized spacial score (nSPS) is 12.8. The summed E-state index contributed by atoms with van der Waals surface area (Å²) in [5.41, 5.74) is 0. The Kier molecular flexibility index (Phi) is 4.05. The quantitative estimate of drug-likeness (QED) is 0.554. The van der Waals surface area contributed by atoms with Crippen molar-refractivity contribution in [1.82, 2.24) is 0 Å². The molecule has 53 valence electrons. The molecule has 0 aromatic carbocycles. The topological polar surface area (TPSA) is 46.5 Å². The lowest BCUT2D eigenvalue weighted by molar-refractivity contribution is -0.145. The molecule has 0 aliphatic heterocycles. The second-order valence-corrected chi connectivity index (χ2v) is 1.69. The molecule has 3 heteroatoms. The monoisotopic (exact) mass is 131 g/mol. The van der Waals surface area contributed by atoms with Crippen LogP contribution in [0, 0.1) is 6.92 Å². The number of rotatable bonds is 3. The van der Waals surface area contributed by atoms with E-state index in [2.05, 4.69) is 11.7 Å².